The molecule has 1 N–H and O–H groups in total. The summed E-state index contributed by atoms with van der Waals surface area (Å²) in [7, 11) is 0. The van der Waals surface area contributed by atoms with Crippen LogP contribution in [0.25, 0.3) is 0 Å². The van der Waals surface area contributed by atoms with Crippen LogP contribution in [0.1, 0.15) is 43.2 Å². The lowest BCUT2D eigenvalue weighted by Crippen LogP contribution is -2.35. The van der Waals surface area contributed by atoms with Gasteiger partial charge in [-0.2, -0.15) is 0 Å². The van der Waals surface area contributed by atoms with Crippen molar-refractivity contribution in [1.82, 2.24) is 4.90 Å². The van der Waals surface area contributed by atoms with Crippen LogP contribution >= 0.6 is 0 Å². The highest BCUT2D eigenvalue weighted by molar-refractivity contribution is 5.93. The summed E-state index contributed by atoms with van der Waals surface area (Å²) < 4.78 is 0. The molecular formula is C17H26N2O. The first-order valence-electron chi connectivity index (χ1n) is 7.75. The molecular weight excluding hydrogens is 248 g/mol. The van der Waals surface area contributed by atoms with Gasteiger partial charge in [-0.25, -0.2) is 0 Å². The molecule has 0 aliphatic carbocycles. The van der Waals surface area contributed by atoms with Gasteiger partial charge in [0, 0.05) is 5.69 Å². The molecule has 2 rings (SSSR count). The zero-order chi connectivity index (χ0) is 14.4. The van der Waals surface area contributed by atoms with Crippen molar-refractivity contribution in [2.75, 3.05) is 25.0 Å². The third-order valence-corrected chi connectivity index (χ3v) is 4.19. The van der Waals surface area contributed by atoms with Crippen molar-refractivity contribution >= 4 is 11.6 Å². The number of amides is 1. The summed E-state index contributed by atoms with van der Waals surface area (Å²) in [4.78, 5) is 14.5. The first kappa shape index (κ1) is 15.0. The maximum atomic E-state index is 12.2. The van der Waals surface area contributed by atoms with Crippen LogP contribution in [0.4, 0.5) is 5.69 Å². The minimum Gasteiger partial charge on any atom is -0.325 e. The van der Waals surface area contributed by atoms with E-state index in [4.69, 9.17) is 0 Å². The topological polar surface area (TPSA) is 32.3 Å². The van der Waals surface area contributed by atoms with Crippen molar-refractivity contribution in [3.63, 3.8) is 0 Å². The van der Waals surface area contributed by atoms with Gasteiger partial charge in [0.2, 0.25) is 5.91 Å². The number of carbonyl (C=O) groups is 1. The molecule has 0 spiro atoms. The highest BCUT2D eigenvalue weighted by Crippen LogP contribution is 2.18. The monoisotopic (exact) mass is 274 g/mol. The molecule has 0 aromatic heterocycles. The number of benzene rings is 1. The van der Waals surface area contributed by atoms with Gasteiger partial charge in [0.15, 0.2) is 0 Å². The van der Waals surface area contributed by atoms with Gasteiger partial charge in [0.05, 0.1) is 6.54 Å². The lowest BCUT2D eigenvalue weighted by molar-refractivity contribution is -0.117. The standard InChI is InChI=1S/C17H26N2O/c1-14-9-8-10-16(15(14)2)18-17(20)13-19-11-6-4-3-5-7-12-19/h8-10H,3-7,11-13H2,1-2H3,(H,18,20). The fraction of sp³-hybridized carbons (Fsp3) is 0.588. The number of hydrogen-bond acceptors (Lipinski definition) is 2. The lowest BCUT2D eigenvalue weighted by atomic mass is 10.1. The van der Waals surface area contributed by atoms with Crippen LogP contribution in [0.2, 0.25) is 0 Å². The Hall–Kier alpha value is -1.35. The lowest BCUT2D eigenvalue weighted by Gasteiger charge is -2.24. The van der Waals surface area contributed by atoms with Crippen LogP contribution in [0.5, 0.6) is 0 Å². The number of anilines is 1. The van der Waals surface area contributed by atoms with Crippen LogP contribution in [-0.2, 0) is 4.79 Å². The second-order valence-electron chi connectivity index (χ2n) is 5.84. The van der Waals surface area contributed by atoms with E-state index >= 15 is 0 Å². The van der Waals surface area contributed by atoms with E-state index in [1.807, 2.05) is 12.1 Å². The van der Waals surface area contributed by atoms with Crippen LogP contribution in [-0.4, -0.2) is 30.4 Å². The predicted molar refractivity (Wildman–Crippen MR) is 84.1 cm³/mol. The van der Waals surface area contributed by atoms with Crippen molar-refractivity contribution in [3.8, 4) is 0 Å². The maximum absolute atomic E-state index is 12.2. The molecule has 0 saturated carbocycles. The highest BCUT2D eigenvalue weighted by Gasteiger charge is 2.13. The molecule has 1 aliphatic rings. The number of hydrogen-bond donors (Lipinski definition) is 1. The zero-order valence-electron chi connectivity index (χ0n) is 12.7. The van der Waals surface area contributed by atoms with E-state index in [1.54, 1.807) is 0 Å². The Morgan fingerprint density at radius 1 is 1.10 bits per heavy atom. The predicted octanol–water partition coefficient (Wildman–Crippen LogP) is 3.51. The summed E-state index contributed by atoms with van der Waals surface area (Å²) in [6.45, 7) is 6.76. The SMILES string of the molecule is Cc1cccc(NC(=O)CN2CCCCCCC2)c1C. The van der Waals surface area contributed by atoms with Gasteiger partial charge in [0.25, 0.3) is 0 Å². The van der Waals surface area contributed by atoms with Gasteiger partial charge in [-0.15, -0.1) is 0 Å². The van der Waals surface area contributed by atoms with Crippen molar-refractivity contribution < 1.29 is 4.79 Å². The summed E-state index contributed by atoms with van der Waals surface area (Å²) in [6.07, 6.45) is 6.39. The Balaban J connectivity index is 1.89. The van der Waals surface area contributed by atoms with Crippen molar-refractivity contribution in [2.45, 2.75) is 46.0 Å². The summed E-state index contributed by atoms with van der Waals surface area (Å²) in [6, 6.07) is 6.05. The molecule has 0 unspecified atom stereocenters. The average molecular weight is 274 g/mol. The van der Waals surface area contributed by atoms with Gasteiger partial charge < -0.3 is 5.32 Å². The fourth-order valence-electron chi connectivity index (χ4n) is 2.75. The number of carbonyl (C=O) groups excluding carboxylic acids is 1. The van der Waals surface area contributed by atoms with E-state index in [0.29, 0.717) is 6.54 Å². The van der Waals surface area contributed by atoms with Gasteiger partial charge >= 0.3 is 0 Å². The zero-order valence-corrected chi connectivity index (χ0v) is 12.7. The molecule has 1 heterocycles. The first-order chi connectivity index (χ1) is 9.66. The van der Waals surface area contributed by atoms with Gasteiger partial charge in [-0.3, -0.25) is 9.69 Å². The van der Waals surface area contributed by atoms with E-state index in [0.717, 1.165) is 24.3 Å². The van der Waals surface area contributed by atoms with Crippen LogP contribution in [0.3, 0.4) is 0 Å². The largest absolute Gasteiger partial charge is 0.325 e. The van der Waals surface area contributed by atoms with Crippen molar-refractivity contribution in [2.24, 2.45) is 0 Å². The maximum Gasteiger partial charge on any atom is 0.238 e. The van der Waals surface area contributed by atoms with Gasteiger partial charge in [-0.1, -0.05) is 31.4 Å². The Morgan fingerprint density at radius 3 is 2.45 bits per heavy atom. The van der Waals surface area contributed by atoms with E-state index in [-0.39, 0.29) is 5.91 Å². The third-order valence-electron chi connectivity index (χ3n) is 4.19. The van der Waals surface area contributed by atoms with Gasteiger partial charge in [-0.05, 0) is 57.0 Å². The molecule has 1 aromatic rings. The van der Waals surface area contributed by atoms with E-state index in [1.165, 1.54) is 37.7 Å². The number of nitrogens with zero attached hydrogens (tertiary/aromatic N) is 1. The summed E-state index contributed by atoms with van der Waals surface area (Å²) in [5.74, 6) is 0.110. The van der Waals surface area contributed by atoms with E-state index in [9.17, 15) is 4.79 Å². The molecule has 1 fully saturated rings. The normalized spacial score (nSPS) is 17.3. The summed E-state index contributed by atoms with van der Waals surface area (Å²) in [5, 5.41) is 3.05. The molecule has 20 heavy (non-hydrogen) atoms. The minimum atomic E-state index is 0.110. The van der Waals surface area contributed by atoms with Crippen LogP contribution in [0, 0.1) is 13.8 Å². The molecule has 3 heteroatoms. The summed E-state index contributed by atoms with van der Waals surface area (Å²) in [5.41, 5.74) is 3.32. The Morgan fingerprint density at radius 2 is 1.75 bits per heavy atom. The summed E-state index contributed by atoms with van der Waals surface area (Å²) >= 11 is 0. The molecule has 1 amide bonds. The van der Waals surface area contributed by atoms with E-state index in [2.05, 4.69) is 30.1 Å². The Labute approximate surface area is 122 Å². The first-order valence-corrected chi connectivity index (χ1v) is 7.75. The van der Waals surface area contributed by atoms with Crippen molar-refractivity contribution in [3.05, 3.63) is 29.3 Å². The third kappa shape index (κ3) is 4.34. The molecule has 0 atom stereocenters. The smallest absolute Gasteiger partial charge is 0.238 e. The average Bonchev–Trinajstić information content (AvgIpc) is 2.38. The molecule has 0 radical (unpaired) electrons. The number of rotatable bonds is 3. The molecule has 3 nitrogen and oxygen atoms in total. The van der Waals surface area contributed by atoms with Crippen molar-refractivity contribution in [1.29, 1.82) is 0 Å². The number of nitrogens with one attached hydrogen (secondary N) is 1. The molecule has 1 aliphatic heterocycles. The molecule has 110 valence electrons. The van der Waals surface area contributed by atoms with Crippen LogP contribution < -0.4 is 5.32 Å². The van der Waals surface area contributed by atoms with E-state index < -0.39 is 0 Å². The second-order valence-corrected chi connectivity index (χ2v) is 5.84. The minimum absolute atomic E-state index is 0.110. The second kappa shape index (κ2) is 7.44. The molecule has 1 saturated heterocycles. The van der Waals surface area contributed by atoms with Gasteiger partial charge in [0.1, 0.15) is 0 Å². The number of aryl methyl sites for hydroxylation is 1. The Kier molecular flexibility index (Phi) is 5.60. The number of likely N-dealkylation sites (tertiary alicyclic amines) is 1. The molecule has 1 aromatic carbocycles. The van der Waals surface area contributed by atoms with Crippen LogP contribution in [0.15, 0.2) is 18.2 Å². The molecule has 0 bridgehead atoms. The quantitative estimate of drug-likeness (QED) is 0.915. The Bertz CT molecular complexity index is 448. The highest BCUT2D eigenvalue weighted by atomic mass is 16.2. The fourth-order valence-corrected chi connectivity index (χ4v) is 2.75.